The molecule has 2 unspecified atom stereocenters. The van der Waals surface area contributed by atoms with Crippen LogP contribution in [0.3, 0.4) is 0 Å². The van der Waals surface area contributed by atoms with Gasteiger partial charge in [-0.1, -0.05) is 18.2 Å². The molecule has 4 saturated carbocycles. The first-order valence-corrected chi connectivity index (χ1v) is 12.1. The van der Waals surface area contributed by atoms with E-state index in [9.17, 15) is 14.7 Å². The number of aryl methyl sites for hydroxylation is 1. The summed E-state index contributed by atoms with van der Waals surface area (Å²) in [6.45, 7) is 2.69. The lowest BCUT2D eigenvalue weighted by Crippen LogP contribution is -2.58. The van der Waals surface area contributed by atoms with Crippen LogP contribution in [-0.2, 0) is 20.9 Å². The second-order valence-corrected chi connectivity index (χ2v) is 10.6. The maximum atomic E-state index is 13.0. The van der Waals surface area contributed by atoms with E-state index in [1.165, 1.54) is 5.52 Å². The number of para-hydroxylation sites is 1. The molecular weight excluding hydrogens is 416 g/mol. The van der Waals surface area contributed by atoms with Gasteiger partial charge in [0, 0.05) is 34.0 Å². The van der Waals surface area contributed by atoms with Gasteiger partial charge in [-0.25, -0.2) is 0 Å². The topological polar surface area (TPSA) is 80.6 Å². The minimum absolute atomic E-state index is 0.302. The quantitative estimate of drug-likeness (QED) is 0.560. The molecule has 1 aromatic heterocycles. The van der Waals surface area contributed by atoms with Crippen molar-refractivity contribution < 1.29 is 19.4 Å². The second kappa shape index (κ2) is 7.32. The van der Waals surface area contributed by atoms with Crippen LogP contribution < -0.4 is 5.32 Å². The Labute approximate surface area is 192 Å². The number of carbonyl (C=O) groups excluding carboxylic acids is 2. The SMILES string of the molecule is CCn1c2ccccc2c2cc(NC(=O)COC(=O)C34CC5CC(CC(O)(C5)C3)C4)ccc21. The smallest absolute Gasteiger partial charge is 0.312 e. The zero-order valence-electron chi connectivity index (χ0n) is 19.0. The largest absolute Gasteiger partial charge is 0.455 e. The zero-order chi connectivity index (χ0) is 22.8. The third kappa shape index (κ3) is 3.34. The van der Waals surface area contributed by atoms with Crippen LogP contribution in [0.2, 0.25) is 0 Å². The first-order valence-electron chi connectivity index (χ1n) is 12.1. The minimum atomic E-state index is -0.724. The fourth-order valence-corrected chi connectivity index (χ4v) is 7.41. The monoisotopic (exact) mass is 446 g/mol. The van der Waals surface area contributed by atoms with Gasteiger partial charge in [0.25, 0.3) is 5.91 Å². The molecule has 1 amide bonds. The number of nitrogens with one attached hydrogen (secondary N) is 1. The van der Waals surface area contributed by atoms with Gasteiger partial charge >= 0.3 is 5.97 Å². The van der Waals surface area contributed by atoms with Crippen LogP contribution in [0, 0.1) is 17.3 Å². The molecule has 0 spiro atoms. The number of amides is 1. The molecule has 4 aliphatic carbocycles. The van der Waals surface area contributed by atoms with E-state index in [0.717, 1.165) is 54.9 Å². The standard InChI is InChI=1S/C27H30N2O4/c1-2-29-22-6-4-3-5-20(22)21-10-19(7-8-23(21)29)28-24(30)15-33-25(31)26-11-17-9-18(12-26)14-27(32,13-17)16-26/h3-8,10,17-18,32H,2,9,11-16H2,1H3,(H,28,30). The fraction of sp³-hybridized carbons (Fsp3) is 0.481. The van der Waals surface area contributed by atoms with Crippen molar-refractivity contribution >= 4 is 39.4 Å². The molecule has 6 heteroatoms. The summed E-state index contributed by atoms with van der Waals surface area (Å²) < 4.78 is 7.78. The molecule has 0 radical (unpaired) electrons. The highest BCUT2D eigenvalue weighted by atomic mass is 16.5. The number of esters is 1. The Hall–Kier alpha value is -2.86. The summed E-state index contributed by atoms with van der Waals surface area (Å²) in [6.07, 6.45) is 4.75. The van der Waals surface area contributed by atoms with Crippen molar-refractivity contribution in [3.8, 4) is 0 Å². The van der Waals surface area contributed by atoms with E-state index in [4.69, 9.17) is 4.74 Å². The Kier molecular flexibility index (Phi) is 4.60. The van der Waals surface area contributed by atoms with Gasteiger partial charge in [0.15, 0.2) is 6.61 Å². The maximum Gasteiger partial charge on any atom is 0.312 e. The summed E-state index contributed by atoms with van der Waals surface area (Å²) >= 11 is 0. The lowest BCUT2D eigenvalue weighted by molar-refractivity contribution is -0.196. The molecule has 2 atom stereocenters. The van der Waals surface area contributed by atoms with Gasteiger partial charge in [-0.3, -0.25) is 9.59 Å². The minimum Gasteiger partial charge on any atom is -0.455 e. The Morgan fingerprint density at radius 2 is 1.79 bits per heavy atom. The van der Waals surface area contributed by atoms with Crippen LogP contribution in [-0.4, -0.2) is 33.8 Å². The molecule has 4 fully saturated rings. The summed E-state index contributed by atoms with van der Waals surface area (Å²) in [5.41, 5.74) is 1.65. The summed E-state index contributed by atoms with van der Waals surface area (Å²) in [4.78, 5) is 25.7. The van der Waals surface area contributed by atoms with Gasteiger partial charge in [0.05, 0.1) is 11.0 Å². The summed E-state index contributed by atoms with van der Waals surface area (Å²) in [7, 11) is 0. The van der Waals surface area contributed by atoms with Gasteiger partial charge < -0.3 is 19.7 Å². The summed E-state index contributed by atoms with van der Waals surface area (Å²) in [5.74, 6) is 0.140. The number of anilines is 1. The van der Waals surface area contributed by atoms with Crippen LogP contribution in [0.15, 0.2) is 42.5 Å². The first kappa shape index (κ1) is 20.7. The number of rotatable bonds is 5. The van der Waals surface area contributed by atoms with Gasteiger partial charge in [-0.15, -0.1) is 0 Å². The maximum absolute atomic E-state index is 13.0. The number of hydrogen-bond acceptors (Lipinski definition) is 4. The Bertz CT molecular complexity index is 1260. The lowest BCUT2D eigenvalue weighted by atomic mass is 9.48. The number of ether oxygens (including phenoxy) is 1. The lowest BCUT2D eigenvalue weighted by Gasteiger charge is -2.58. The number of aliphatic hydroxyl groups is 1. The highest BCUT2D eigenvalue weighted by Gasteiger charge is 2.60. The van der Waals surface area contributed by atoms with Crippen molar-refractivity contribution in [2.75, 3.05) is 11.9 Å². The van der Waals surface area contributed by atoms with E-state index in [-0.39, 0.29) is 18.5 Å². The molecule has 4 aliphatic rings. The molecular formula is C27H30N2O4. The van der Waals surface area contributed by atoms with Crippen LogP contribution in [0.1, 0.15) is 45.4 Å². The van der Waals surface area contributed by atoms with Gasteiger partial charge in [0.1, 0.15) is 0 Å². The first-order chi connectivity index (χ1) is 15.9. The third-order valence-electron chi connectivity index (χ3n) is 8.17. The van der Waals surface area contributed by atoms with Crippen molar-refractivity contribution in [3.05, 3.63) is 42.5 Å². The molecule has 1 heterocycles. The highest BCUT2D eigenvalue weighted by Crippen LogP contribution is 2.62. The van der Waals surface area contributed by atoms with Crippen LogP contribution in [0.4, 0.5) is 5.69 Å². The molecule has 3 aromatic rings. The van der Waals surface area contributed by atoms with Crippen molar-refractivity contribution in [3.63, 3.8) is 0 Å². The van der Waals surface area contributed by atoms with E-state index < -0.39 is 11.0 Å². The molecule has 0 saturated heterocycles. The van der Waals surface area contributed by atoms with E-state index in [2.05, 4.69) is 28.9 Å². The van der Waals surface area contributed by atoms with Gasteiger partial charge in [0.2, 0.25) is 0 Å². The van der Waals surface area contributed by atoms with Crippen molar-refractivity contribution in [2.24, 2.45) is 17.3 Å². The number of carbonyl (C=O) groups is 2. The Morgan fingerprint density at radius 3 is 2.52 bits per heavy atom. The molecule has 4 bridgehead atoms. The van der Waals surface area contributed by atoms with Crippen LogP contribution >= 0.6 is 0 Å². The van der Waals surface area contributed by atoms with Crippen LogP contribution in [0.5, 0.6) is 0 Å². The van der Waals surface area contributed by atoms with Gasteiger partial charge in [-0.2, -0.15) is 0 Å². The summed E-state index contributed by atoms with van der Waals surface area (Å²) in [6, 6.07) is 14.2. The fourth-order valence-electron chi connectivity index (χ4n) is 7.41. The van der Waals surface area contributed by atoms with Crippen molar-refractivity contribution in [1.29, 1.82) is 0 Å². The number of benzene rings is 2. The molecule has 172 valence electrons. The number of fused-ring (bicyclic) bond motifs is 3. The number of aromatic nitrogens is 1. The molecule has 2 N–H and O–H groups in total. The molecule has 2 aromatic carbocycles. The normalized spacial score (nSPS) is 30.1. The summed E-state index contributed by atoms with van der Waals surface area (Å²) in [5, 5.41) is 16.0. The zero-order valence-corrected chi connectivity index (χ0v) is 19.0. The molecule has 7 rings (SSSR count). The molecule has 6 nitrogen and oxygen atoms in total. The van der Waals surface area contributed by atoms with E-state index in [0.29, 0.717) is 23.9 Å². The average Bonchev–Trinajstić information content (AvgIpc) is 3.09. The second-order valence-electron chi connectivity index (χ2n) is 10.6. The third-order valence-corrected chi connectivity index (χ3v) is 8.17. The Morgan fingerprint density at radius 1 is 1.06 bits per heavy atom. The number of hydrogen-bond donors (Lipinski definition) is 2. The van der Waals surface area contributed by atoms with Crippen molar-refractivity contribution in [1.82, 2.24) is 4.57 Å². The van der Waals surface area contributed by atoms with Crippen LogP contribution in [0.25, 0.3) is 21.8 Å². The van der Waals surface area contributed by atoms with Crippen molar-refractivity contribution in [2.45, 2.75) is 57.6 Å². The van der Waals surface area contributed by atoms with E-state index >= 15 is 0 Å². The average molecular weight is 447 g/mol. The van der Waals surface area contributed by atoms with Gasteiger partial charge in [-0.05, 0) is 81.5 Å². The molecule has 33 heavy (non-hydrogen) atoms. The highest BCUT2D eigenvalue weighted by molar-refractivity contribution is 6.09. The number of nitrogens with zero attached hydrogens (tertiary/aromatic N) is 1. The predicted octanol–water partition coefficient (Wildman–Crippen LogP) is 4.63. The van der Waals surface area contributed by atoms with E-state index in [1.54, 1.807) is 0 Å². The Balaban J connectivity index is 1.16. The van der Waals surface area contributed by atoms with E-state index in [1.807, 2.05) is 30.3 Å². The predicted molar refractivity (Wildman–Crippen MR) is 127 cm³/mol. The molecule has 0 aliphatic heterocycles.